The molecule has 0 radical (unpaired) electrons. The van der Waals surface area contributed by atoms with Crippen molar-refractivity contribution in [3.05, 3.63) is 35.4 Å². The molecular formula is C13H16O6. The fraction of sp³-hybridized carbons (Fsp3) is 0.385. The van der Waals surface area contributed by atoms with Crippen LogP contribution in [0.25, 0.3) is 0 Å². The normalized spacial score (nSPS) is 15.7. The highest BCUT2D eigenvalue weighted by Gasteiger charge is 2.13. The molecule has 6 nitrogen and oxygen atoms in total. The molecule has 6 heteroatoms. The van der Waals surface area contributed by atoms with E-state index in [4.69, 9.17) is 19.7 Å². The Bertz CT molecular complexity index is 386. The fourth-order valence-electron chi connectivity index (χ4n) is 1.18. The minimum atomic E-state index is -0.560. The van der Waals surface area contributed by atoms with Crippen LogP contribution in [0.1, 0.15) is 27.6 Å². The van der Waals surface area contributed by atoms with E-state index < -0.39 is 18.0 Å². The van der Waals surface area contributed by atoms with E-state index in [-0.39, 0.29) is 19.8 Å². The third-order valence-corrected chi connectivity index (χ3v) is 2.17. The van der Waals surface area contributed by atoms with Gasteiger partial charge in [0.15, 0.2) is 0 Å². The van der Waals surface area contributed by atoms with E-state index in [0.717, 1.165) is 0 Å². The van der Waals surface area contributed by atoms with Gasteiger partial charge in [-0.2, -0.15) is 0 Å². The maximum atomic E-state index is 11.3. The highest BCUT2D eigenvalue weighted by Crippen LogP contribution is 2.09. The van der Waals surface area contributed by atoms with Gasteiger partial charge in [0, 0.05) is 0 Å². The molecule has 19 heavy (non-hydrogen) atoms. The lowest BCUT2D eigenvalue weighted by molar-refractivity contribution is 0.0260. The van der Waals surface area contributed by atoms with Gasteiger partial charge in [-0.15, -0.1) is 0 Å². The minimum absolute atomic E-state index is 0.100. The molecule has 2 aliphatic heterocycles. The Kier molecular flexibility index (Phi) is 5.98. The van der Waals surface area contributed by atoms with E-state index in [1.807, 2.05) is 0 Å². The average Bonchev–Trinajstić information content (AvgIpc) is 2.43. The highest BCUT2D eigenvalue weighted by molar-refractivity contribution is 5.93. The van der Waals surface area contributed by atoms with Gasteiger partial charge in [0.05, 0.1) is 23.8 Å². The molecule has 0 aliphatic carbocycles. The second kappa shape index (κ2) is 7.50. The Balaban J connectivity index is 0.000000312. The second-order valence-corrected chi connectivity index (χ2v) is 3.88. The molecular weight excluding hydrogens is 252 g/mol. The van der Waals surface area contributed by atoms with Crippen molar-refractivity contribution in [1.82, 2.24) is 0 Å². The Labute approximate surface area is 110 Å². The number of benzene rings is 1. The lowest BCUT2D eigenvalue weighted by Gasteiger charge is -2.09. The molecule has 1 aromatic rings. The van der Waals surface area contributed by atoms with Crippen LogP contribution < -0.4 is 0 Å². The zero-order valence-corrected chi connectivity index (χ0v) is 10.5. The summed E-state index contributed by atoms with van der Waals surface area (Å²) < 4.78 is 9.66. The number of hydrogen-bond acceptors (Lipinski definition) is 6. The number of carbonyl (C=O) groups excluding carboxylic acids is 2. The summed E-state index contributed by atoms with van der Waals surface area (Å²) in [7, 11) is 0. The van der Waals surface area contributed by atoms with Gasteiger partial charge >= 0.3 is 11.9 Å². The maximum Gasteiger partial charge on any atom is 0.338 e. The monoisotopic (exact) mass is 268 g/mol. The summed E-state index contributed by atoms with van der Waals surface area (Å²) in [6, 6.07) is 6.18. The first-order chi connectivity index (χ1) is 9.04. The number of esters is 2. The minimum Gasteiger partial charge on any atom is -0.458 e. The molecule has 0 spiro atoms. The van der Waals surface area contributed by atoms with Crippen molar-refractivity contribution in [2.24, 2.45) is 0 Å². The molecule has 0 amide bonds. The van der Waals surface area contributed by atoms with Gasteiger partial charge in [-0.1, -0.05) is 0 Å². The number of carbonyl (C=O) groups is 2. The quantitative estimate of drug-likeness (QED) is 0.715. The smallest absolute Gasteiger partial charge is 0.338 e. The molecule has 3 rings (SSSR count). The predicted molar refractivity (Wildman–Crippen MR) is 65.8 cm³/mol. The predicted octanol–water partition coefficient (Wildman–Crippen LogP) is 0.373. The first-order valence-electron chi connectivity index (χ1n) is 5.78. The van der Waals surface area contributed by atoms with Gasteiger partial charge in [0.1, 0.15) is 13.2 Å². The number of aliphatic hydroxyl groups is 2. The lowest BCUT2D eigenvalue weighted by Crippen LogP contribution is -2.16. The summed E-state index contributed by atoms with van der Waals surface area (Å²) in [5, 5.41) is 16.0. The molecule has 0 saturated carbocycles. The third kappa shape index (κ3) is 5.07. The van der Waals surface area contributed by atoms with Crippen molar-refractivity contribution in [2.45, 2.75) is 13.0 Å². The largest absolute Gasteiger partial charge is 0.458 e. The Hall–Kier alpha value is -1.92. The van der Waals surface area contributed by atoms with Crippen LogP contribution >= 0.6 is 0 Å². The summed E-state index contributed by atoms with van der Waals surface area (Å²) in [5.74, 6) is -0.788. The van der Waals surface area contributed by atoms with Crippen molar-refractivity contribution in [3.8, 4) is 0 Å². The molecule has 0 fully saturated rings. The molecule has 2 heterocycles. The Morgan fingerprint density at radius 1 is 1.05 bits per heavy atom. The van der Waals surface area contributed by atoms with E-state index >= 15 is 0 Å². The van der Waals surface area contributed by atoms with Crippen molar-refractivity contribution >= 4 is 11.9 Å². The third-order valence-electron chi connectivity index (χ3n) is 2.17. The standard InChI is InChI=1S/C10H8O4.C3H8O2/c11-9-7-1-2-8(4-3-7)10(12)14-6-5-13-9;1-3(5)2-4/h1-4H,5-6H2;3-5H,2H2,1H3. The van der Waals surface area contributed by atoms with E-state index in [2.05, 4.69) is 0 Å². The Morgan fingerprint density at radius 2 is 1.37 bits per heavy atom. The number of rotatable bonds is 1. The van der Waals surface area contributed by atoms with Gasteiger partial charge in [-0.05, 0) is 31.2 Å². The van der Waals surface area contributed by atoms with E-state index in [1.165, 1.54) is 6.92 Å². The van der Waals surface area contributed by atoms with Crippen LogP contribution in [-0.2, 0) is 9.47 Å². The first-order valence-corrected chi connectivity index (χ1v) is 5.78. The van der Waals surface area contributed by atoms with E-state index in [9.17, 15) is 9.59 Å². The van der Waals surface area contributed by atoms with Gasteiger partial charge < -0.3 is 19.7 Å². The van der Waals surface area contributed by atoms with Crippen LogP contribution in [0, 0.1) is 0 Å². The summed E-state index contributed by atoms with van der Waals surface area (Å²) in [6.45, 7) is 1.59. The number of aliphatic hydroxyl groups excluding tert-OH is 2. The van der Waals surface area contributed by atoms with Crippen molar-refractivity contribution in [2.75, 3.05) is 19.8 Å². The topological polar surface area (TPSA) is 93.1 Å². The zero-order valence-electron chi connectivity index (χ0n) is 10.5. The summed E-state index contributed by atoms with van der Waals surface area (Å²) in [4.78, 5) is 22.5. The highest BCUT2D eigenvalue weighted by atomic mass is 16.6. The van der Waals surface area contributed by atoms with Gasteiger partial charge in [-0.25, -0.2) is 9.59 Å². The Morgan fingerprint density at radius 3 is 1.63 bits per heavy atom. The fourth-order valence-corrected chi connectivity index (χ4v) is 1.18. The van der Waals surface area contributed by atoms with E-state index in [1.54, 1.807) is 24.3 Å². The van der Waals surface area contributed by atoms with Crippen molar-refractivity contribution < 1.29 is 29.3 Å². The van der Waals surface area contributed by atoms with Crippen LogP contribution in [0.3, 0.4) is 0 Å². The SMILES string of the molecule is CC(O)CO.O=C1OCCOC(=O)c2ccc1cc2. The molecule has 1 atom stereocenters. The average molecular weight is 268 g/mol. The number of ether oxygens (including phenoxy) is 2. The van der Waals surface area contributed by atoms with Crippen LogP contribution in [0.2, 0.25) is 0 Å². The molecule has 2 aliphatic rings. The molecule has 1 unspecified atom stereocenters. The lowest BCUT2D eigenvalue weighted by atomic mass is 10.1. The first kappa shape index (κ1) is 15.1. The van der Waals surface area contributed by atoms with Gasteiger partial charge in [0.2, 0.25) is 0 Å². The molecule has 1 aromatic carbocycles. The molecule has 104 valence electrons. The van der Waals surface area contributed by atoms with Crippen LogP contribution in [-0.4, -0.2) is 48.1 Å². The van der Waals surface area contributed by atoms with Gasteiger partial charge in [0.25, 0.3) is 0 Å². The van der Waals surface area contributed by atoms with Gasteiger partial charge in [-0.3, -0.25) is 0 Å². The van der Waals surface area contributed by atoms with Crippen LogP contribution in [0.4, 0.5) is 0 Å². The van der Waals surface area contributed by atoms with Crippen LogP contribution in [0.5, 0.6) is 0 Å². The van der Waals surface area contributed by atoms with Crippen molar-refractivity contribution in [3.63, 3.8) is 0 Å². The summed E-state index contributed by atoms with van der Waals surface area (Å²) in [5.41, 5.74) is 0.895. The molecule has 2 N–H and O–H groups in total. The molecule has 0 saturated heterocycles. The zero-order chi connectivity index (χ0) is 14.3. The van der Waals surface area contributed by atoms with Crippen LogP contribution in [0.15, 0.2) is 24.3 Å². The summed E-state index contributed by atoms with van der Waals surface area (Å²) in [6.07, 6.45) is -0.560. The maximum absolute atomic E-state index is 11.3. The number of hydrogen-bond donors (Lipinski definition) is 2. The second-order valence-electron chi connectivity index (χ2n) is 3.88. The summed E-state index contributed by atoms with van der Waals surface area (Å²) >= 11 is 0. The molecule has 0 aromatic heterocycles. The molecule has 2 bridgehead atoms. The van der Waals surface area contributed by atoms with E-state index in [0.29, 0.717) is 11.1 Å². The number of fused-ring (bicyclic) bond motifs is 7. The van der Waals surface area contributed by atoms with Crippen molar-refractivity contribution in [1.29, 1.82) is 0 Å².